The summed E-state index contributed by atoms with van der Waals surface area (Å²) in [6, 6.07) is 10.00. The lowest BCUT2D eigenvalue weighted by molar-refractivity contribution is -0.134. The van der Waals surface area contributed by atoms with E-state index in [-0.39, 0.29) is 43.5 Å². The molecule has 0 bridgehead atoms. The number of benzene rings is 2. The first-order valence-electron chi connectivity index (χ1n) is 18.1. The van der Waals surface area contributed by atoms with Crippen LogP contribution in [0.25, 0.3) is 0 Å². The van der Waals surface area contributed by atoms with Crippen LogP contribution in [0, 0.1) is 5.92 Å². The van der Waals surface area contributed by atoms with Gasteiger partial charge in [-0.1, -0.05) is 57.9 Å². The number of rotatable bonds is 19. The van der Waals surface area contributed by atoms with E-state index in [0.717, 1.165) is 12.8 Å². The molecule has 0 radical (unpaired) electrons. The maximum Gasteiger partial charge on any atom is 0.412 e. The molecule has 1 heterocycles. The maximum absolute atomic E-state index is 14.0. The van der Waals surface area contributed by atoms with Crippen molar-refractivity contribution in [2.75, 3.05) is 17.2 Å². The second-order valence-corrected chi connectivity index (χ2v) is 15.1. The van der Waals surface area contributed by atoms with Crippen molar-refractivity contribution < 1.29 is 43.3 Å². The first kappa shape index (κ1) is 42.4. The first-order valence-corrected chi connectivity index (χ1v) is 18.1. The molecule has 1 fully saturated rings. The molecule has 14 nitrogen and oxygen atoms in total. The number of Topliss-reactive ketones (excluding diaryl/α,β-unsaturated/α-hetero) is 1. The van der Waals surface area contributed by atoms with Gasteiger partial charge in [-0.05, 0) is 81.8 Å². The highest BCUT2D eigenvalue weighted by atomic mass is 16.6. The van der Waals surface area contributed by atoms with Crippen molar-refractivity contribution in [1.29, 1.82) is 0 Å². The predicted octanol–water partition coefficient (Wildman–Crippen LogP) is 5.35. The third-order valence-corrected chi connectivity index (χ3v) is 8.41. The van der Waals surface area contributed by atoms with E-state index in [1.165, 1.54) is 0 Å². The van der Waals surface area contributed by atoms with Gasteiger partial charge < -0.3 is 30.5 Å². The largest absolute Gasteiger partial charge is 0.465 e. The van der Waals surface area contributed by atoms with E-state index in [1.807, 2.05) is 20.8 Å². The fourth-order valence-electron chi connectivity index (χ4n) is 5.55. The SMILES string of the molecule is CCCCCC(=O)NC(Cc1ccc(NC(=O)O)cc1)C(=O)NC(Cc1ccc(NC(=O)OC(C)(C)C)cc1)C(=O)NC(CC(C)C)C(=O)C1(C)CO1. The molecule has 1 saturated heterocycles. The quantitative estimate of drug-likeness (QED) is 0.0812. The minimum atomic E-state index is -1.22. The Morgan fingerprint density at radius 2 is 1.28 bits per heavy atom. The zero-order valence-electron chi connectivity index (χ0n) is 31.8. The molecule has 4 atom stereocenters. The Balaban J connectivity index is 1.89. The van der Waals surface area contributed by atoms with E-state index >= 15 is 0 Å². The second-order valence-electron chi connectivity index (χ2n) is 15.1. The van der Waals surface area contributed by atoms with Crippen LogP contribution in [0.1, 0.15) is 91.7 Å². The number of amides is 5. The summed E-state index contributed by atoms with van der Waals surface area (Å²) in [6.07, 6.45) is 1.21. The fraction of sp³-hybridized carbons (Fsp3) is 0.538. The summed E-state index contributed by atoms with van der Waals surface area (Å²) < 4.78 is 10.7. The van der Waals surface area contributed by atoms with Crippen LogP contribution >= 0.6 is 0 Å². The average molecular weight is 738 g/mol. The number of nitrogens with one attached hydrogen (secondary N) is 5. The maximum atomic E-state index is 14.0. The lowest BCUT2D eigenvalue weighted by atomic mass is 9.93. The molecule has 4 unspecified atom stereocenters. The molecule has 0 saturated carbocycles. The number of ether oxygens (including phenoxy) is 2. The second kappa shape index (κ2) is 19.2. The topological polar surface area (TPSA) is 205 Å². The van der Waals surface area contributed by atoms with Crippen molar-refractivity contribution in [2.24, 2.45) is 5.92 Å². The van der Waals surface area contributed by atoms with E-state index < -0.39 is 53.3 Å². The van der Waals surface area contributed by atoms with Crippen LogP contribution in [0.2, 0.25) is 0 Å². The van der Waals surface area contributed by atoms with Crippen LogP contribution in [-0.2, 0) is 41.5 Å². The fourth-order valence-corrected chi connectivity index (χ4v) is 5.55. The van der Waals surface area contributed by atoms with Crippen LogP contribution in [0.15, 0.2) is 48.5 Å². The van der Waals surface area contributed by atoms with Gasteiger partial charge in [0.15, 0.2) is 5.78 Å². The number of epoxide rings is 1. The van der Waals surface area contributed by atoms with Gasteiger partial charge in [-0.25, -0.2) is 9.59 Å². The van der Waals surface area contributed by atoms with Gasteiger partial charge in [-0.15, -0.1) is 0 Å². The first-order chi connectivity index (χ1) is 24.9. The van der Waals surface area contributed by atoms with Gasteiger partial charge >= 0.3 is 12.2 Å². The number of anilines is 2. The van der Waals surface area contributed by atoms with Gasteiger partial charge in [0, 0.05) is 30.6 Å². The zero-order chi connectivity index (χ0) is 39.3. The third kappa shape index (κ3) is 14.9. The molecule has 2 aromatic rings. The monoisotopic (exact) mass is 737 g/mol. The predicted molar refractivity (Wildman–Crippen MR) is 201 cm³/mol. The number of hydrogen-bond donors (Lipinski definition) is 6. The summed E-state index contributed by atoms with van der Waals surface area (Å²) in [5, 5.41) is 22.5. The lowest BCUT2D eigenvalue weighted by Crippen LogP contribution is -2.57. The Morgan fingerprint density at radius 3 is 1.74 bits per heavy atom. The highest BCUT2D eigenvalue weighted by Crippen LogP contribution is 2.30. The summed E-state index contributed by atoms with van der Waals surface area (Å²) in [7, 11) is 0. The standard InChI is InChI=1S/C39H55N5O9/c1-8-9-10-11-32(45)42-30(21-25-12-16-27(17-13-25)40-36(49)50)34(47)44-31(35(48)43-29(20-24(2)3)33(46)39(7)23-52-39)22-26-14-18-28(19-15-26)41-37(51)53-38(4,5)6/h12-19,24,29-31,40H,8-11,20-23H2,1-7H3,(H,41,51)(H,42,45)(H,43,48)(H,44,47)(H,49,50). The van der Waals surface area contributed by atoms with E-state index in [2.05, 4.69) is 26.6 Å². The van der Waals surface area contributed by atoms with E-state index in [1.54, 1.807) is 76.2 Å². The molecule has 290 valence electrons. The Hall–Kier alpha value is -4.98. The van der Waals surface area contributed by atoms with Crippen molar-refractivity contribution in [3.05, 3.63) is 59.7 Å². The number of carbonyl (C=O) groups excluding carboxylic acids is 5. The molecule has 2 aromatic carbocycles. The summed E-state index contributed by atoms with van der Waals surface area (Å²) in [5.74, 6) is -1.71. The van der Waals surface area contributed by atoms with Crippen molar-refractivity contribution in [1.82, 2.24) is 16.0 Å². The Morgan fingerprint density at radius 1 is 0.792 bits per heavy atom. The van der Waals surface area contributed by atoms with Gasteiger partial charge in [0.1, 0.15) is 23.3 Å². The third-order valence-electron chi connectivity index (χ3n) is 8.41. The van der Waals surface area contributed by atoms with Crippen LogP contribution in [0.5, 0.6) is 0 Å². The Kier molecular flexibility index (Phi) is 15.4. The number of carbonyl (C=O) groups is 6. The molecule has 0 aromatic heterocycles. The van der Waals surface area contributed by atoms with E-state index in [4.69, 9.17) is 14.6 Å². The molecular weight excluding hydrogens is 682 g/mol. The van der Waals surface area contributed by atoms with Gasteiger partial charge in [0.2, 0.25) is 17.7 Å². The molecule has 5 amide bonds. The number of carboxylic acid groups (broad SMARTS) is 1. The molecule has 3 rings (SSSR count). The Bertz CT molecular complexity index is 1580. The number of unbranched alkanes of at least 4 members (excludes halogenated alkanes) is 2. The van der Waals surface area contributed by atoms with E-state index in [0.29, 0.717) is 35.3 Å². The molecule has 0 spiro atoms. The van der Waals surface area contributed by atoms with Crippen molar-refractivity contribution in [3.8, 4) is 0 Å². The van der Waals surface area contributed by atoms with Crippen LogP contribution < -0.4 is 26.6 Å². The molecule has 6 N–H and O–H groups in total. The van der Waals surface area contributed by atoms with Crippen molar-refractivity contribution in [3.63, 3.8) is 0 Å². The summed E-state index contributed by atoms with van der Waals surface area (Å²) >= 11 is 0. The molecule has 53 heavy (non-hydrogen) atoms. The van der Waals surface area contributed by atoms with Gasteiger partial charge in [-0.3, -0.25) is 29.8 Å². The van der Waals surface area contributed by atoms with Crippen molar-refractivity contribution in [2.45, 2.75) is 123 Å². The molecule has 1 aliphatic heterocycles. The normalized spacial score (nSPS) is 16.8. The molecule has 14 heteroatoms. The zero-order valence-corrected chi connectivity index (χ0v) is 31.8. The smallest absolute Gasteiger partial charge is 0.412 e. The van der Waals surface area contributed by atoms with Gasteiger partial charge in [0.05, 0.1) is 12.6 Å². The van der Waals surface area contributed by atoms with Crippen molar-refractivity contribution >= 4 is 47.1 Å². The molecular formula is C39H55N5O9. The minimum Gasteiger partial charge on any atom is -0.465 e. The van der Waals surface area contributed by atoms with Crippen LogP contribution in [0.3, 0.4) is 0 Å². The van der Waals surface area contributed by atoms with Gasteiger partial charge in [0.25, 0.3) is 0 Å². The summed E-state index contributed by atoms with van der Waals surface area (Å²) in [5.41, 5.74) is 0.421. The Labute approximate surface area is 311 Å². The average Bonchev–Trinajstić information content (AvgIpc) is 3.82. The highest BCUT2D eigenvalue weighted by Gasteiger charge is 2.50. The van der Waals surface area contributed by atoms with Crippen LogP contribution in [-0.4, -0.2) is 76.7 Å². The molecule has 0 aliphatic carbocycles. The van der Waals surface area contributed by atoms with Gasteiger partial charge in [-0.2, -0.15) is 0 Å². The summed E-state index contributed by atoms with van der Waals surface area (Å²) in [6.45, 7) is 13.1. The number of hydrogen-bond acceptors (Lipinski definition) is 8. The summed E-state index contributed by atoms with van der Waals surface area (Å²) in [4.78, 5) is 77.8. The van der Waals surface area contributed by atoms with Crippen LogP contribution in [0.4, 0.5) is 21.0 Å². The lowest BCUT2D eigenvalue weighted by Gasteiger charge is -2.27. The number of ketones is 1. The minimum absolute atomic E-state index is 0.0212. The van der Waals surface area contributed by atoms with E-state index in [9.17, 15) is 28.8 Å². The highest BCUT2D eigenvalue weighted by molar-refractivity contribution is 5.98. The molecule has 1 aliphatic rings.